The van der Waals surface area contributed by atoms with E-state index in [0.717, 1.165) is 16.0 Å². The highest BCUT2D eigenvalue weighted by Crippen LogP contribution is 2.31. The normalized spacial score (nSPS) is 21.4. The fraction of sp³-hybridized carbons (Fsp3) is 0.267. The van der Waals surface area contributed by atoms with E-state index < -0.39 is 11.5 Å². The molecule has 1 aliphatic rings. The van der Waals surface area contributed by atoms with Crippen LogP contribution in [-0.2, 0) is 28.2 Å². The Bertz CT molecular complexity index is 611. The molecule has 1 aliphatic heterocycles. The fourth-order valence-corrected chi connectivity index (χ4v) is 3.15. The Hall–Kier alpha value is -1.69. The third kappa shape index (κ3) is 2.24. The van der Waals surface area contributed by atoms with Gasteiger partial charge in [-0.25, -0.2) is 4.79 Å². The molecule has 5 heteroatoms. The van der Waals surface area contributed by atoms with Gasteiger partial charge in [0.05, 0.1) is 13.2 Å². The van der Waals surface area contributed by atoms with Gasteiger partial charge >= 0.3 is 5.97 Å². The number of hydrogen-bond donors (Lipinski definition) is 2. The van der Waals surface area contributed by atoms with Crippen LogP contribution in [0.25, 0.3) is 0 Å². The van der Waals surface area contributed by atoms with Gasteiger partial charge in [0.2, 0.25) is 0 Å². The molecule has 1 unspecified atom stereocenters. The van der Waals surface area contributed by atoms with Crippen molar-refractivity contribution < 1.29 is 14.6 Å². The van der Waals surface area contributed by atoms with Crippen LogP contribution < -0.4 is 5.32 Å². The summed E-state index contributed by atoms with van der Waals surface area (Å²) in [4.78, 5) is 13.0. The standard InChI is InChI=1S/C15H15NO3S/c17-14(18)15(16-8-12-5-3-7-20-12)10-19-9-11-4-1-2-6-13(11)15/h1-7,16H,8-10H2,(H,17,18). The highest BCUT2D eigenvalue weighted by molar-refractivity contribution is 7.09. The van der Waals surface area contributed by atoms with Crippen LogP contribution in [0.2, 0.25) is 0 Å². The van der Waals surface area contributed by atoms with Crippen LogP contribution in [0.15, 0.2) is 41.8 Å². The number of nitrogens with one attached hydrogen (secondary N) is 1. The van der Waals surface area contributed by atoms with Gasteiger partial charge in [-0.15, -0.1) is 11.3 Å². The summed E-state index contributed by atoms with van der Waals surface area (Å²) < 4.78 is 5.50. The lowest BCUT2D eigenvalue weighted by atomic mass is 9.85. The maximum Gasteiger partial charge on any atom is 0.331 e. The number of carboxylic acids is 1. The first-order chi connectivity index (χ1) is 9.72. The molecule has 1 atom stereocenters. The molecule has 104 valence electrons. The zero-order valence-electron chi connectivity index (χ0n) is 10.8. The molecular formula is C15H15NO3S. The van der Waals surface area contributed by atoms with Crippen molar-refractivity contribution in [1.29, 1.82) is 0 Å². The van der Waals surface area contributed by atoms with Crippen molar-refractivity contribution in [3.63, 3.8) is 0 Å². The first-order valence-corrected chi connectivity index (χ1v) is 7.27. The lowest BCUT2D eigenvalue weighted by Gasteiger charge is -2.36. The van der Waals surface area contributed by atoms with E-state index in [1.807, 2.05) is 41.8 Å². The Balaban J connectivity index is 1.95. The summed E-state index contributed by atoms with van der Waals surface area (Å²) in [7, 11) is 0. The number of thiophene rings is 1. The van der Waals surface area contributed by atoms with E-state index in [1.54, 1.807) is 11.3 Å². The third-order valence-corrected chi connectivity index (χ3v) is 4.44. The Labute approximate surface area is 121 Å². The van der Waals surface area contributed by atoms with Gasteiger partial charge in [0.1, 0.15) is 0 Å². The van der Waals surface area contributed by atoms with E-state index in [-0.39, 0.29) is 6.61 Å². The number of ether oxygens (including phenoxy) is 1. The van der Waals surface area contributed by atoms with Gasteiger partial charge in [-0.05, 0) is 22.6 Å². The molecule has 1 aromatic carbocycles. The molecule has 20 heavy (non-hydrogen) atoms. The van der Waals surface area contributed by atoms with Crippen molar-refractivity contribution in [3.05, 3.63) is 57.8 Å². The molecule has 0 aliphatic carbocycles. The van der Waals surface area contributed by atoms with Crippen molar-refractivity contribution in [1.82, 2.24) is 5.32 Å². The number of carbonyl (C=O) groups is 1. The van der Waals surface area contributed by atoms with E-state index in [4.69, 9.17) is 4.74 Å². The van der Waals surface area contributed by atoms with Crippen molar-refractivity contribution in [2.75, 3.05) is 6.61 Å². The Morgan fingerprint density at radius 2 is 2.20 bits per heavy atom. The molecule has 3 rings (SSSR count). The Kier molecular flexibility index (Phi) is 3.56. The van der Waals surface area contributed by atoms with E-state index in [9.17, 15) is 9.90 Å². The summed E-state index contributed by atoms with van der Waals surface area (Å²) in [5.41, 5.74) is 0.564. The SMILES string of the molecule is O=C(O)C1(NCc2cccs2)COCc2ccccc21. The monoisotopic (exact) mass is 289 g/mol. The van der Waals surface area contributed by atoms with Gasteiger partial charge < -0.3 is 9.84 Å². The zero-order chi connectivity index (χ0) is 14.0. The van der Waals surface area contributed by atoms with Gasteiger partial charge in [-0.2, -0.15) is 0 Å². The van der Waals surface area contributed by atoms with E-state index in [0.29, 0.717) is 13.2 Å². The van der Waals surface area contributed by atoms with Gasteiger partial charge in [-0.3, -0.25) is 5.32 Å². The molecule has 2 N–H and O–H groups in total. The van der Waals surface area contributed by atoms with Crippen LogP contribution in [0.5, 0.6) is 0 Å². The smallest absolute Gasteiger partial charge is 0.331 e. The largest absolute Gasteiger partial charge is 0.480 e. The van der Waals surface area contributed by atoms with Crippen LogP contribution in [0, 0.1) is 0 Å². The second-order valence-corrected chi connectivity index (χ2v) is 5.83. The molecule has 0 spiro atoms. The molecule has 1 aromatic heterocycles. The lowest BCUT2D eigenvalue weighted by Crippen LogP contribution is -2.54. The van der Waals surface area contributed by atoms with Crippen molar-refractivity contribution in [3.8, 4) is 0 Å². The quantitative estimate of drug-likeness (QED) is 0.907. The van der Waals surface area contributed by atoms with E-state index in [1.165, 1.54) is 0 Å². The molecule has 0 bridgehead atoms. The molecule has 0 radical (unpaired) electrons. The maximum atomic E-state index is 11.9. The van der Waals surface area contributed by atoms with Crippen molar-refractivity contribution in [2.24, 2.45) is 0 Å². The molecule has 2 aromatic rings. The first kappa shape index (κ1) is 13.3. The average Bonchev–Trinajstić information content (AvgIpc) is 2.98. The van der Waals surface area contributed by atoms with Gasteiger partial charge in [0.15, 0.2) is 5.54 Å². The second kappa shape index (κ2) is 5.36. The molecule has 0 saturated carbocycles. The van der Waals surface area contributed by atoms with Gasteiger partial charge in [0.25, 0.3) is 0 Å². The summed E-state index contributed by atoms with van der Waals surface area (Å²) in [6.45, 7) is 1.12. The molecule has 0 fully saturated rings. The Morgan fingerprint density at radius 3 is 2.95 bits per heavy atom. The fourth-order valence-electron chi connectivity index (χ4n) is 2.50. The number of benzene rings is 1. The molecule has 2 heterocycles. The predicted octanol–water partition coefficient (Wildman–Crippen LogP) is 2.35. The minimum Gasteiger partial charge on any atom is -0.480 e. The summed E-state index contributed by atoms with van der Waals surface area (Å²) in [6.07, 6.45) is 0. The summed E-state index contributed by atoms with van der Waals surface area (Å²) >= 11 is 1.61. The van der Waals surface area contributed by atoms with Gasteiger partial charge in [-0.1, -0.05) is 30.3 Å². The third-order valence-electron chi connectivity index (χ3n) is 3.56. The minimum absolute atomic E-state index is 0.144. The number of carboxylic acid groups (broad SMARTS) is 1. The van der Waals surface area contributed by atoms with Crippen molar-refractivity contribution in [2.45, 2.75) is 18.7 Å². The van der Waals surface area contributed by atoms with Crippen LogP contribution in [-0.4, -0.2) is 17.7 Å². The molecule has 0 amide bonds. The molecule has 0 saturated heterocycles. The Morgan fingerprint density at radius 1 is 1.35 bits per heavy atom. The average molecular weight is 289 g/mol. The number of hydrogen-bond acceptors (Lipinski definition) is 4. The van der Waals surface area contributed by atoms with Crippen LogP contribution in [0.3, 0.4) is 0 Å². The topological polar surface area (TPSA) is 58.6 Å². The summed E-state index contributed by atoms with van der Waals surface area (Å²) in [5, 5.41) is 14.9. The minimum atomic E-state index is -1.17. The van der Waals surface area contributed by atoms with E-state index >= 15 is 0 Å². The highest BCUT2D eigenvalue weighted by Gasteiger charge is 2.44. The van der Waals surface area contributed by atoms with Gasteiger partial charge in [0, 0.05) is 11.4 Å². The van der Waals surface area contributed by atoms with E-state index in [2.05, 4.69) is 5.32 Å². The lowest BCUT2D eigenvalue weighted by molar-refractivity contribution is -0.150. The van der Waals surface area contributed by atoms with Crippen molar-refractivity contribution >= 4 is 17.3 Å². The number of fused-ring (bicyclic) bond motifs is 1. The molecule has 4 nitrogen and oxygen atoms in total. The molecular weight excluding hydrogens is 274 g/mol. The number of rotatable bonds is 4. The maximum absolute atomic E-state index is 11.9. The number of aliphatic carboxylic acids is 1. The van der Waals surface area contributed by atoms with Crippen LogP contribution in [0.1, 0.15) is 16.0 Å². The predicted molar refractivity (Wildman–Crippen MR) is 76.6 cm³/mol. The van der Waals surface area contributed by atoms with Crippen LogP contribution >= 0.6 is 11.3 Å². The van der Waals surface area contributed by atoms with Crippen LogP contribution in [0.4, 0.5) is 0 Å². The first-order valence-electron chi connectivity index (χ1n) is 6.39. The second-order valence-electron chi connectivity index (χ2n) is 4.79. The highest BCUT2D eigenvalue weighted by atomic mass is 32.1. The summed E-state index contributed by atoms with van der Waals surface area (Å²) in [5.74, 6) is -0.902. The summed E-state index contributed by atoms with van der Waals surface area (Å²) in [6, 6.07) is 11.5. The zero-order valence-corrected chi connectivity index (χ0v) is 11.7.